The van der Waals surface area contributed by atoms with Crippen molar-refractivity contribution in [2.45, 2.75) is 59.3 Å². The lowest BCUT2D eigenvalue weighted by Gasteiger charge is -2.24. The molecule has 2 N–H and O–H groups in total. The van der Waals surface area contributed by atoms with Crippen LogP contribution in [0.5, 0.6) is 0 Å². The van der Waals surface area contributed by atoms with Gasteiger partial charge in [-0.15, -0.1) is 0 Å². The number of hydrogen-bond donors (Lipinski definition) is 1. The minimum absolute atomic E-state index is 0.640. The maximum atomic E-state index is 6.04. The first-order valence-corrected chi connectivity index (χ1v) is 8.03. The largest absolute Gasteiger partial charge is 0.383 e. The summed E-state index contributed by atoms with van der Waals surface area (Å²) in [5, 5.41) is 0. The number of nitrogens with zero attached hydrogens (tertiary/aromatic N) is 3. The van der Waals surface area contributed by atoms with Crippen molar-refractivity contribution in [2.24, 2.45) is 5.92 Å². The highest BCUT2D eigenvalue weighted by Crippen LogP contribution is 2.27. The van der Waals surface area contributed by atoms with Crippen molar-refractivity contribution in [3.8, 4) is 0 Å². The zero-order chi connectivity index (χ0) is 14.5. The van der Waals surface area contributed by atoms with Crippen LogP contribution in [0, 0.1) is 12.8 Å². The Morgan fingerprint density at radius 1 is 1.20 bits per heavy atom. The fraction of sp³-hybridized carbons (Fsp3) is 0.750. The molecule has 1 fully saturated rings. The molecule has 4 heteroatoms. The number of anilines is 2. The Morgan fingerprint density at radius 3 is 2.70 bits per heavy atom. The van der Waals surface area contributed by atoms with E-state index in [-0.39, 0.29) is 0 Å². The standard InChI is InChI=1S/C16H28N4/c1-4-7-13-8-6-10-20(11-9-13)16-12(3)15(17)18-14(5-2)19-16/h13H,4-11H2,1-3H3,(H2,17,18,19). The predicted octanol–water partition coefficient (Wildman–Crippen LogP) is 3.34. The fourth-order valence-electron chi connectivity index (χ4n) is 3.11. The Morgan fingerprint density at radius 2 is 2.00 bits per heavy atom. The van der Waals surface area contributed by atoms with E-state index in [1.807, 2.05) is 6.92 Å². The molecule has 112 valence electrons. The molecule has 1 aliphatic rings. The molecule has 1 saturated heterocycles. The second-order valence-corrected chi connectivity index (χ2v) is 5.90. The Hall–Kier alpha value is -1.32. The topological polar surface area (TPSA) is 55.0 Å². The van der Waals surface area contributed by atoms with Crippen LogP contribution >= 0.6 is 0 Å². The van der Waals surface area contributed by atoms with Crippen molar-refractivity contribution >= 4 is 11.6 Å². The van der Waals surface area contributed by atoms with Gasteiger partial charge in [0.25, 0.3) is 0 Å². The van der Waals surface area contributed by atoms with Crippen LogP contribution in [0.4, 0.5) is 11.6 Å². The zero-order valence-corrected chi connectivity index (χ0v) is 13.2. The smallest absolute Gasteiger partial charge is 0.137 e. The van der Waals surface area contributed by atoms with Gasteiger partial charge in [-0.25, -0.2) is 9.97 Å². The summed E-state index contributed by atoms with van der Waals surface area (Å²) in [6.07, 6.45) is 7.38. The lowest BCUT2D eigenvalue weighted by atomic mass is 9.96. The number of aromatic nitrogens is 2. The van der Waals surface area contributed by atoms with Gasteiger partial charge >= 0.3 is 0 Å². The molecule has 0 aliphatic carbocycles. The molecule has 0 radical (unpaired) electrons. The molecule has 2 rings (SSSR count). The highest BCUT2D eigenvalue weighted by Gasteiger charge is 2.20. The third-order valence-electron chi connectivity index (χ3n) is 4.36. The average molecular weight is 276 g/mol. The molecule has 0 spiro atoms. The molecule has 0 saturated carbocycles. The van der Waals surface area contributed by atoms with Gasteiger partial charge in [-0.3, -0.25) is 0 Å². The molecule has 4 nitrogen and oxygen atoms in total. The van der Waals surface area contributed by atoms with E-state index >= 15 is 0 Å². The van der Waals surface area contributed by atoms with Crippen LogP contribution in [-0.4, -0.2) is 23.1 Å². The summed E-state index contributed by atoms with van der Waals surface area (Å²) >= 11 is 0. The van der Waals surface area contributed by atoms with Crippen LogP contribution in [-0.2, 0) is 6.42 Å². The monoisotopic (exact) mass is 276 g/mol. The van der Waals surface area contributed by atoms with Gasteiger partial charge in [0, 0.05) is 25.1 Å². The van der Waals surface area contributed by atoms with Crippen molar-refractivity contribution in [3.63, 3.8) is 0 Å². The molecular formula is C16H28N4. The molecule has 1 aliphatic heterocycles. The van der Waals surface area contributed by atoms with E-state index in [4.69, 9.17) is 10.7 Å². The lowest BCUT2D eigenvalue weighted by Crippen LogP contribution is -2.27. The second kappa shape index (κ2) is 6.91. The minimum Gasteiger partial charge on any atom is -0.383 e. The van der Waals surface area contributed by atoms with E-state index in [0.29, 0.717) is 5.82 Å². The molecule has 1 atom stereocenters. The number of hydrogen-bond acceptors (Lipinski definition) is 4. The van der Waals surface area contributed by atoms with E-state index in [9.17, 15) is 0 Å². The van der Waals surface area contributed by atoms with Gasteiger partial charge < -0.3 is 10.6 Å². The van der Waals surface area contributed by atoms with E-state index < -0.39 is 0 Å². The van der Waals surface area contributed by atoms with Crippen LogP contribution in [0.15, 0.2) is 0 Å². The van der Waals surface area contributed by atoms with Crippen LogP contribution in [0.1, 0.15) is 57.3 Å². The Kier molecular flexibility index (Phi) is 5.21. The lowest BCUT2D eigenvalue weighted by molar-refractivity contribution is 0.435. The van der Waals surface area contributed by atoms with Gasteiger partial charge in [-0.2, -0.15) is 0 Å². The van der Waals surface area contributed by atoms with Crippen LogP contribution in [0.3, 0.4) is 0 Å². The second-order valence-electron chi connectivity index (χ2n) is 5.90. The molecule has 2 heterocycles. The predicted molar refractivity (Wildman–Crippen MR) is 85.0 cm³/mol. The van der Waals surface area contributed by atoms with Crippen LogP contribution in [0.25, 0.3) is 0 Å². The zero-order valence-electron chi connectivity index (χ0n) is 13.2. The van der Waals surface area contributed by atoms with E-state index in [2.05, 4.69) is 23.7 Å². The Balaban J connectivity index is 2.17. The van der Waals surface area contributed by atoms with Gasteiger partial charge in [0.1, 0.15) is 17.5 Å². The first-order valence-electron chi connectivity index (χ1n) is 8.03. The highest BCUT2D eigenvalue weighted by atomic mass is 15.2. The molecule has 0 amide bonds. The van der Waals surface area contributed by atoms with Crippen molar-refractivity contribution in [3.05, 3.63) is 11.4 Å². The van der Waals surface area contributed by atoms with Gasteiger partial charge in [0.2, 0.25) is 0 Å². The summed E-state index contributed by atoms with van der Waals surface area (Å²) in [6.45, 7) is 8.60. The number of rotatable bonds is 4. The summed E-state index contributed by atoms with van der Waals surface area (Å²) < 4.78 is 0. The molecule has 0 aromatic carbocycles. The van der Waals surface area contributed by atoms with Crippen molar-refractivity contribution in [1.29, 1.82) is 0 Å². The first-order chi connectivity index (χ1) is 9.65. The van der Waals surface area contributed by atoms with Crippen molar-refractivity contribution < 1.29 is 0 Å². The van der Waals surface area contributed by atoms with E-state index in [1.54, 1.807) is 0 Å². The van der Waals surface area contributed by atoms with Crippen LogP contribution < -0.4 is 10.6 Å². The third-order valence-corrected chi connectivity index (χ3v) is 4.36. The summed E-state index contributed by atoms with van der Waals surface area (Å²) in [4.78, 5) is 11.5. The number of nitrogen functional groups attached to an aromatic ring is 1. The molecule has 1 aromatic rings. The van der Waals surface area contributed by atoms with E-state index in [0.717, 1.165) is 42.6 Å². The Bertz CT molecular complexity index is 444. The third kappa shape index (κ3) is 3.41. The fourth-order valence-corrected chi connectivity index (χ4v) is 3.11. The van der Waals surface area contributed by atoms with Gasteiger partial charge in [-0.1, -0.05) is 26.7 Å². The number of aryl methyl sites for hydroxylation is 1. The minimum atomic E-state index is 0.640. The van der Waals surface area contributed by atoms with Gasteiger partial charge in [0.05, 0.1) is 0 Å². The Labute approximate surface area is 122 Å². The van der Waals surface area contributed by atoms with Crippen LogP contribution in [0.2, 0.25) is 0 Å². The highest BCUT2D eigenvalue weighted by molar-refractivity contribution is 5.56. The molecule has 1 aromatic heterocycles. The summed E-state index contributed by atoms with van der Waals surface area (Å²) in [6, 6.07) is 0. The summed E-state index contributed by atoms with van der Waals surface area (Å²) in [7, 11) is 0. The summed E-state index contributed by atoms with van der Waals surface area (Å²) in [5.74, 6) is 3.44. The SMILES string of the molecule is CCCC1CCCN(c2nc(CC)nc(N)c2C)CC1. The molecule has 20 heavy (non-hydrogen) atoms. The molecule has 1 unspecified atom stereocenters. The number of nitrogens with two attached hydrogens (primary N) is 1. The quantitative estimate of drug-likeness (QED) is 0.916. The molecular weight excluding hydrogens is 248 g/mol. The average Bonchev–Trinajstić information content (AvgIpc) is 2.68. The first kappa shape index (κ1) is 15.1. The molecule has 0 bridgehead atoms. The maximum absolute atomic E-state index is 6.04. The maximum Gasteiger partial charge on any atom is 0.137 e. The van der Waals surface area contributed by atoms with Crippen molar-refractivity contribution in [2.75, 3.05) is 23.7 Å². The summed E-state index contributed by atoms with van der Waals surface area (Å²) in [5.41, 5.74) is 7.08. The van der Waals surface area contributed by atoms with Crippen molar-refractivity contribution in [1.82, 2.24) is 9.97 Å². The normalized spacial score (nSPS) is 19.9. The van der Waals surface area contributed by atoms with E-state index in [1.165, 1.54) is 32.1 Å². The van der Waals surface area contributed by atoms with Gasteiger partial charge in [-0.05, 0) is 32.1 Å². The van der Waals surface area contributed by atoms with Gasteiger partial charge in [0.15, 0.2) is 0 Å².